The highest BCUT2D eigenvalue weighted by molar-refractivity contribution is 7.90. The number of fused-ring (bicyclic) bond motifs is 1. The van der Waals surface area contributed by atoms with Gasteiger partial charge in [-0.3, -0.25) is 0 Å². The van der Waals surface area contributed by atoms with Crippen molar-refractivity contribution < 1.29 is 13.2 Å². The number of aromatic nitrogens is 1. The van der Waals surface area contributed by atoms with E-state index in [-0.39, 0.29) is 11.0 Å². The van der Waals surface area contributed by atoms with Crippen LogP contribution in [0.15, 0.2) is 59.6 Å². The third-order valence-corrected chi connectivity index (χ3v) is 6.75. The Morgan fingerprint density at radius 3 is 2.38 bits per heavy atom. The molecule has 136 valence electrons. The zero-order valence-electron chi connectivity index (χ0n) is 14.9. The smallest absolute Gasteiger partial charge is 0.268 e. The largest absolute Gasteiger partial charge is 0.488 e. The fourth-order valence-electron chi connectivity index (χ4n) is 3.60. The Morgan fingerprint density at radius 2 is 1.65 bits per heavy atom. The van der Waals surface area contributed by atoms with Gasteiger partial charge in [0.15, 0.2) is 0 Å². The quantitative estimate of drug-likeness (QED) is 0.657. The fourth-order valence-corrected chi connectivity index (χ4v) is 4.96. The van der Waals surface area contributed by atoms with Gasteiger partial charge >= 0.3 is 0 Å². The van der Waals surface area contributed by atoms with Gasteiger partial charge in [0.1, 0.15) is 5.75 Å². The lowest BCUT2D eigenvalue weighted by molar-refractivity contribution is 0.157. The summed E-state index contributed by atoms with van der Waals surface area (Å²) in [6.45, 7) is 1.94. The summed E-state index contributed by atoms with van der Waals surface area (Å²) in [6, 6.07) is 14.5. The van der Waals surface area contributed by atoms with Crippen LogP contribution in [0.2, 0.25) is 0 Å². The molecule has 1 aromatic heterocycles. The molecular formula is C21H23NO3S. The van der Waals surface area contributed by atoms with E-state index in [1.165, 1.54) is 23.2 Å². The lowest BCUT2D eigenvalue weighted by Crippen LogP contribution is -2.19. The van der Waals surface area contributed by atoms with Crippen LogP contribution in [0.3, 0.4) is 0 Å². The second-order valence-electron chi connectivity index (χ2n) is 7.00. The highest BCUT2D eigenvalue weighted by Crippen LogP contribution is 2.33. The molecule has 1 aliphatic rings. The predicted octanol–water partition coefficient (Wildman–Crippen LogP) is 4.90. The van der Waals surface area contributed by atoms with Crippen molar-refractivity contribution in [3.05, 3.63) is 60.3 Å². The summed E-state index contributed by atoms with van der Waals surface area (Å²) >= 11 is 0. The lowest BCUT2D eigenvalue weighted by Gasteiger charge is -2.22. The molecule has 3 aromatic rings. The van der Waals surface area contributed by atoms with Gasteiger partial charge in [-0.2, -0.15) is 0 Å². The van der Waals surface area contributed by atoms with E-state index >= 15 is 0 Å². The Morgan fingerprint density at radius 1 is 0.962 bits per heavy atom. The van der Waals surface area contributed by atoms with Crippen LogP contribution in [0.5, 0.6) is 5.75 Å². The molecule has 2 aromatic carbocycles. The molecule has 1 aliphatic carbocycles. The molecule has 0 N–H and O–H groups in total. The maximum atomic E-state index is 13.2. The molecule has 26 heavy (non-hydrogen) atoms. The Bertz CT molecular complexity index is 1010. The number of hydrogen-bond donors (Lipinski definition) is 0. The van der Waals surface area contributed by atoms with Gasteiger partial charge in [0.2, 0.25) is 0 Å². The maximum Gasteiger partial charge on any atom is 0.268 e. The first-order valence-corrected chi connectivity index (χ1v) is 10.6. The van der Waals surface area contributed by atoms with Crippen LogP contribution >= 0.6 is 0 Å². The van der Waals surface area contributed by atoms with Crippen molar-refractivity contribution in [2.24, 2.45) is 0 Å². The fraction of sp³-hybridized carbons (Fsp3) is 0.333. The molecule has 0 atom stereocenters. The Kier molecular flexibility index (Phi) is 4.49. The van der Waals surface area contributed by atoms with E-state index in [4.69, 9.17) is 4.74 Å². The minimum absolute atomic E-state index is 0.171. The standard InChI is InChI=1S/C21H23NO3S/c1-16-11-13-18(14-12-16)26(23,24)22-15-21(19-9-5-6-10-20(19)22)25-17-7-3-2-4-8-17/h5-6,9-15,17H,2-4,7-8H2,1H3. The first kappa shape index (κ1) is 17.2. The molecule has 0 spiro atoms. The van der Waals surface area contributed by atoms with Crippen LogP contribution in [0.1, 0.15) is 37.7 Å². The molecule has 0 radical (unpaired) electrons. The molecule has 0 saturated heterocycles. The molecule has 0 aliphatic heterocycles. The average Bonchev–Trinajstić information content (AvgIpc) is 3.02. The summed E-state index contributed by atoms with van der Waals surface area (Å²) in [5.41, 5.74) is 1.68. The van der Waals surface area contributed by atoms with E-state index < -0.39 is 10.0 Å². The average molecular weight is 369 g/mol. The van der Waals surface area contributed by atoms with Crippen LogP contribution in [-0.4, -0.2) is 18.5 Å². The molecule has 4 nitrogen and oxygen atoms in total. The van der Waals surface area contributed by atoms with Crippen LogP contribution in [0.25, 0.3) is 10.9 Å². The number of rotatable bonds is 4. The van der Waals surface area contributed by atoms with Crippen LogP contribution in [-0.2, 0) is 10.0 Å². The van der Waals surface area contributed by atoms with Crippen molar-refractivity contribution in [3.8, 4) is 5.75 Å². The topological polar surface area (TPSA) is 48.3 Å². The molecular weight excluding hydrogens is 346 g/mol. The summed E-state index contributed by atoms with van der Waals surface area (Å²) < 4.78 is 33.9. The lowest BCUT2D eigenvalue weighted by atomic mass is 9.98. The monoisotopic (exact) mass is 369 g/mol. The van der Waals surface area contributed by atoms with E-state index in [0.717, 1.165) is 23.8 Å². The van der Waals surface area contributed by atoms with Crippen LogP contribution < -0.4 is 4.74 Å². The van der Waals surface area contributed by atoms with Gasteiger partial charge < -0.3 is 4.74 Å². The third kappa shape index (κ3) is 3.12. The number of nitrogens with zero attached hydrogens (tertiary/aromatic N) is 1. The van der Waals surface area contributed by atoms with Crippen molar-refractivity contribution in [2.75, 3.05) is 0 Å². The number of hydrogen-bond acceptors (Lipinski definition) is 3. The molecule has 4 rings (SSSR count). The Labute approximate surface area is 154 Å². The van der Waals surface area contributed by atoms with Crippen molar-refractivity contribution in [2.45, 2.75) is 50.0 Å². The SMILES string of the molecule is Cc1ccc(S(=O)(=O)n2cc(OC3CCCCC3)c3ccccc32)cc1. The number of ether oxygens (including phenoxy) is 1. The minimum atomic E-state index is -3.67. The Hall–Kier alpha value is -2.27. The van der Waals surface area contributed by atoms with Crippen molar-refractivity contribution in [1.29, 1.82) is 0 Å². The van der Waals surface area contributed by atoms with Gasteiger partial charge in [-0.15, -0.1) is 0 Å². The minimum Gasteiger partial charge on any atom is -0.488 e. The molecule has 0 bridgehead atoms. The number of aryl methyl sites for hydroxylation is 1. The van der Waals surface area contributed by atoms with E-state index in [1.807, 2.05) is 43.3 Å². The highest BCUT2D eigenvalue weighted by Gasteiger charge is 2.23. The third-order valence-electron chi connectivity index (χ3n) is 5.07. The van der Waals surface area contributed by atoms with Crippen LogP contribution in [0, 0.1) is 6.92 Å². The molecule has 0 unspecified atom stereocenters. The second-order valence-corrected chi connectivity index (χ2v) is 8.82. The van der Waals surface area contributed by atoms with Gasteiger partial charge in [-0.1, -0.05) is 36.2 Å². The summed E-state index contributed by atoms with van der Waals surface area (Å²) in [6.07, 6.45) is 7.47. The van der Waals surface area contributed by atoms with E-state index in [1.54, 1.807) is 18.3 Å². The van der Waals surface area contributed by atoms with Crippen molar-refractivity contribution in [3.63, 3.8) is 0 Å². The zero-order chi connectivity index (χ0) is 18.1. The zero-order valence-corrected chi connectivity index (χ0v) is 15.7. The molecule has 1 fully saturated rings. The second kappa shape index (κ2) is 6.80. The van der Waals surface area contributed by atoms with E-state index in [9.17, 15) is 8.42 Å². The van der Waals surface area contributed by atoms with Crippen molar-refractivity contribution >= 4 is 20.9 Å². The van der Waals surface area contributed by atoms with Gasteiger partial charge in [-0.05, 0) is 56.9 Å². The first-order chi connectivity index (χ1) is 12.6. The summed E-state index contributed by atoms with van der Waals surface area (Å²) in [7, 11) is -3.67. The molecule has 0 amide bonds. The Balaban J connectivity index is 1.79. The summed E-state index contributed by atoms with van der Waals surface area (Å²) in [4.78, 5) is 0.285. The molecule has 5 heteroatoms. The maximum absolute atomic E-state index is 13.2. The normalized spacial score (nSPS) is 16.0. The van der Waals surface area contributed by atoms with Gasteiger partial charge in [0.25, 0.3) is 10.0 Å². The van der Waals surface area contributed by atoms with E-state index in [2.05, 4.69) is 0 Å². The number of para-hydroxylation sites is 1. The summed E-state index contributed by atoms with van der Waals surface area (Å²) in [5.74, 6) is 0.656. The van der Waals surface area contributed by atoms with Gasteiger partial charge in [-0.25, -0.2) is 12.4 Å². The van der Waals surface area contributed by atoms with Gasteiger partial charge in [0.05, 0.1) is 22.7 Å². The molecule has 1 heterocycles. The first-order valence-electron chi connectivity index (χ1n) is 9.15. The number of benzene rings is 2. The summed E-state index contributed by atoms with van der Waals surface area (Å²) in [5, 5.41) is 0.841. The highest BCUT2D eigenvalue weighted by atomic mass is 32.2. The van der Waals surface area contributed by atoms with Gasteiger partial charge in [0, 0.05) is 5.39 Å². The van der Waals surface area contributed by atoms with Crippen molar-refractivity contribution in [1.82, 2.24) is 3.97 Å². The predicted molar refractivity (Wildman–Crippen MR) is 103 cm³/mol. The van der Waals surface area contributed by atoms with Crippen LogP contribution in [0.4, 0.5) is 0 Å². The van der Waals surface area contributed by atoms with E-state index in [0.29, 0.717) is 11.3 Å². The molecule has 1 saturated carbocycles.